The van der Waals surface area contributed by atoms with Crippen molar-refractivity contribution in [2.75, 3.05) is 40.5 Å². The largest absolute Gasteiger partial charge is 0.383 e. The molecule has 0 heterocycles. The molecule has 4 nitrogen and oxygen atoms in total. The summed E-state index contributed by atoms with van der Waals surface area (Å²) in [7, 11) is 3.54. The molecule has 0 amide bonds. The normalized spacial score (nSPS) is 29.7. The molecule has 1 saturated carbocycles. The lowest BCUT2D eigenvalue weighted by molar-refractivity contribution is 0.00660. The van der Waals surface area contributed by atoms with Crippen LogP contribution in [0.25, 0.3) is 0 Å². The minimum Gasteiger partial charge on any atom is -0.383 e. The Hall–Kier alpha value is -0.160. The van der Waals surface area contributed by atoms with Crippen molar-refractivity contribution in [1.29, 1.82) is 0 Å². The van der Waals surface area contributed by atoms with Crippen LogP contribution in [-0.4, -0.2) is 57.5 Å². The highest BCUT2D eigenvalue weighted by atomic mass is 16.5. The third-order valence-electron chi connectivity index (χ3n) is 4.47. The zero-order valence-corrected chi connectivity index (χ0v) is 13.1. The van der Waals surface area contributed by atoms with Gasteiger partial charge in [-0.15, -0.1) is 0 Å². The van der Waals surface area contributed by atoms with Crippen molar-refractivity contribution in [1.82, 2.24) is 4.90 Å². The second kappa shape index (κ2) is 8.90. The van der Waals surface area contributed by atoms with E-state index in [0.717, 1.165) is 32.2 Å². The lowest BCUT2D eigenvalue weighted by Gasteiger charge is -2.44. The predicted molar refractivity (Wildman–Crippen MR) is 79.3 cm³/mol. The standard InChI is InChI=1S/C15H32N2O2/c1-12-5-6-14(10-16)15(9-12)17(7-8-18-3)13(2)11-19-4/h12-15H,5-11,16H2,1-4H3. The van der Waals surface area contributed by atoms with Crippen LogP contribution < -0.4 is 5.73 Å². The smallest absolute Gasteiger partial charge is 0.0615 e. The summed E-state index contributed by atoms with van der Waals surface area (Å²) in [6.45, 7) is 7.90. The summed E-state index contributed by atoms with van der Waals surface area (Å²) < 4.78 is 10.6. The van der Waals surface area contributed by atoms with Gasteiger partial charge in [-0.1, -0.05) is 13.3 Å². The molecular weight excluding hydrogens is 240 g/mol. The molecule has 1 aliphatic carbocycles. The maximum Gasteiger partial charge on any atom is 0.0615 e. The number of hydrogen-bond acceptors (Lipinski definition) is 4. The molecule has 0 aromatic rings. The molecular formula is C15H32N2O2. The molecule has 2 N–H and O–H groups in total. The van der Waals surface area contributed by atoms with Gasteiger partial charge in [0, 0.05) is 32.8 Å². The van der Waals surface area contributed by atoms with E-state index in [4.69, 9.17) is 15.2 Å². The summed E-state index contributed by atoms with van der Waals surface area (Å²) in [5.74, 6) is 1.42. The average molecular weight is 272 g/mol. The molecule has 4 unspecified atom stereocenters. The zero-order chi connectivity index (χ0) is 14.3. The van der Waals surface area contributed by atoms with Gasteiger partial charge in [0.15, 0.2) is 0 Å². The molecule has 4 heteroatoms. The van der Waals surface area contributed by atoms with E-state index in [-0.39, 0.29) is 0 Å². The average Bonchev–Trinajstić information content (AvgIpc) is 2.40. The Bertz CT molecular complexity index is 238. The second-order valence-corrected chi connectivity index (χ2v) is 6.02. The summed E-state index contributed by atoms with van der Waals surface area (Å²) in [5, 5.41) is 0. The fourth-order valence-electron chi connectivity index (χ4n) is 3.34. The first-order valence-corrected chi connectivity index (χ1v) is 7.57. The Labute approximate surface area is 118 Å². The van der Waals surface area contributed by atoms with Crippen molar-refractivity contribution in [2.45, 2.75) is 45.2 Å². The minimum atomic E-state index is 0.421. The van der Waals surface area contributed by atoms with Crippen LogP contribution in [0.5, 0.6) is 0 Å². The Kier molecular flexibility index (Phi) is 7.91. The van der Waals surface area contributed by atoms with Gasteiger partial charge in [0.2, 0.25) is 0 Å². The molecule has 114 valence electrons. The second-order valence-electron chi connectivity index (χ2n) is 6.02. The Morgan fingerprint density at radius 3 is 2.58 bits per heavy atom. The van der Waals surface area contributed by atoms with Crippen molar-refractivity contribution in [3.05, 3.63) is 0 Å². The first-order chi connectivity index (χ1) is 9.13. The molecule has 1 fully saturated rings. The van der Waals surface area contributed by atoms with E-state index in [9.17, 15) is 0 Å². The van der Waals surface area contributed by atoms with Gasteiger partial charge in [0.25, 0.3) is 0 Å². The molecule has 0 saturated heterocycles. The number of ether oxygens (including phenoxy) is 2. The number of nitrogens with zero attached hydrogens (tertiary/aromatic N) is 1. The van der Waals surface area contributed by atoms with Gasteiger partial charge in [-0.3, -0.25) is 4.90 Å². The minimum absolute atomic E-state index is 0.421. The van der Waals surface area contributed by atoms with Crippen LogP contribution in [0.1, 0.15) is 33.1 Å². The van der Waals surface area contributed by atoms with E-state index in [2.05, 4.69) is 18.7 Å². The first kappa shape index (κ1) is 16.9. The van der Waals surface area contributed by atoms with Gasteiger partial charge < -0.3 is 15.2 Å². The van der Waals surface area contributed by atoms with E-state index in [0.29, 0.717) is 18.0 Å². The lowest BCUT2D eigenvalue weighted by atomic mass is 9.78. The summed E-state index contributed by atoms with van der Waals surface area (Å²) in [6, 6.07) is 0.999. The fraction of sp³-hybridized carbons (Fsp3) is 1.00. The van der Waals surface area contributed by atoms with Crippen molar-refractivity contribution in [3.8, 4) is 0 Å². The Balaban J connectivity index is 2.73. The van der Waals surface area contributed by atoms with Gasteiger partial charge >= 0.3 is 0 Å². The quantitative estimate of drug-likeness (QED) is 0.731. The van der Waals surface area contributed by atoms with Crippen LogP contribution >= 0.6 is 0 Å². The molecule has 0 aromatic carbocycles. The maximum atomic E-state index is 5.99. The zero-order valence-electron chi connectivity index (χ0n) is 13.1. The highest BCUT2D eigenvalue weighted by Crippen LogP contribution is 2.32. The SMILES string of the molecule is COCCN(C(C)COC)C1CC(C)CCC1CN. The first-order valence-electron chi connectivity index (χ1n) is 7.57. The van der Waals surface area contributed by atoms with Crippen LogP contribution in [0.4, 0.5) is 0 Å². The fourth-order valence-corrected chi connectivity index (χ4v) is 3.34. The Morgan fingerprint density at radius 2 is 2.00 bits per heavy atom. The van der Waals surface area contributed by atoms with E-state index in [1.807, 2.05) is 0 Å². The number of rotatable bonds is 8. The molecule has 1 rings (SSSR count). The van der Waals surface area contributed by atoms with Gasteiger partial charge in [-0.2, -0.15) is 0 Å². The molecule has 0 spiro atoms. The van der Waals surface area contributed by atoms with Crippen LogP contribution in [0.15, 0.2) is 0 Å². The molecule has 0 radical (unpaired) electrons. The third kappa shape index (κ3) is 5.03. The van der Waals surface area contributed by atoms with Crippen LogP contribution in [-0.2, 0) is 9.47 Å². The van der Waals surface area contributed by atoms with E-state index in [1.54, 1.807) is 14.2 Å². The van der Waals surface area contributed by atoms with Crippen LogP contribution in [0, 0.1) is 11.8 Å². The van der Waals surface area contributed by atoms with Gasteiger partial charge in [-0.05, 0) is 38.1 Å². The Morgan fingerprint density at radius 1 is 1.26 bits per heavy atom. The highest BCUT2D eigenvalue weighted by molar-refractivity contribution is 4.88. The molecule has 19 heavy (non-hydrogen) atoms. The van der Waals surface area contributed by atoms with Crippen LogP contribution in [0.2, 0.25) is 0 Å². The summed E-state index contributed by atoms with van der Waals surface area (Å²) in [6.07, 6.45) is 3.82. The molecule has 0 bridgehead atoms. The number of hydrogen-bond donors (Lipinski definition) is 1. The van der Waals surface area contributed by atoms with Crippen molar-refractivity contribution in [3.63, 3.8) is 0 Å². The van der Waals surface area contributed by atoms with Gasteiger partial charge in [0.05, 0.1) is 13.2 Å². The summed E-state index contributed by atoms with van der Waals surface area (Å²) in [4.78, 5) is 2.56. The lowest BCUT2D eigenvalue weighted by Crippen LogP contribution is -2.52. The predicted octanol–water partition coefficient (Wildman–Crippen LogP) is 1.73. The molecule has 0 aromatic heterocycles. The van der Waals surface area contributed by atoms with Crippen molar-refractivity contribution < 1.29 is 9.47 Å². The summed E-state index contributed by atoms with van der Waals surface area (Å²) >= 11 is 0. The van der Waals surface area contributed by atoms with Crippen molar-refractivity contribution in [2.24, 2.45) is 17.6 Å². The van der Waals surface area contributed by atoms with Gasteiger partial charge in [-0.25, -0.2) is 0 Å². The topological polar surface area (TPSA) is 47.7 Å². The monoisotopic (exact) mass is 272 g/mol. The van der Waals surface area contributed by atoms with E-state index in [1.165, 1.54) is 19.3 Å². The summed E-state index contributed by atoms with van der Waals surface area (Å²) in [5.41, 5.74) is 5.99. The highest BCUT2D eigenvalue weighted by Gasteiger charge is 2.34. The third-order valence-corrected chi connectivity index (χ3v) is 4.47. The number of nitrogens with two attached hydrogens (primary N) is 1. The van der Waals surface area contributed by atoms with E-state index >= 15 is 0 Å². The van der Waals surface area contributed by atoms with E-state index < -0.39 is 0 Å². The molecule has 4 atom stereocenters. The number of methoxy groups -OCH3 is 2. The van der Waals surface area contributed by atoms with Crippen LogP contribution in [0.3, 0.4) is 0 Å². The maximum absolute atomic E-state index is 5.99. The molecule has 0 aliphatic heterocycles. The van der Waals surface area contributed by atoms with Crippen molar-refractivity contribution >= 4 is 0 Å². The molecule has 1 aliphatic rings. The van der Waals surface area contributed by atoms with Gasteiger partial charge in [0.1, 0.15) is 0 Å².